The van der Waals surface area contributed by atoms with Gasteiger partial charge in [-0.15, -0.1) is 6.58 Å². The molecule has 2 aromatic carbocycles. The van der Waals surface area contributed by atoms with E-state index in [1.54, 1.807) is 11.0 Å². The van der Waals surface area contributed by atoms with E-state index >= 15 is 0 Å². The molecular weight excluding hydrogens is 444 g/mol. The number of rotatable bonds is 13. The number of nitrogens with one attached hydrogen (secondary N) is 1. The third kappa shape index (κ3) is 7.94. The van der Waals surface area contributed by atoms with Gasteiger partial charge in [-0.1, -0.05) is 48.5 Å². The summed E-state index contributed by atoms with van der Waals surface area (Å²) in [6.07, 6.45) is 4.13. The SMILES string of the molecule is C=CCC(CC(=O)NC(CO)Cc1ccc(OCc2ccccc2)cc1)C(=O)N1CCCC1CO. The summed E-state index contributed by atoms with van der Waals surface area (Å²) < 4.78 is 5.81. The van der Waals surface area contributed by atoms with Crippen molar-refractivity contribution >= 4 is 11.8 Å². The number of hydrogen-bond donors (Lipinski definition) is 3. The molecule has 7 heteroatoms. The molecule has 1 aliphatic heterocycles. The van der Waals surface area contributed by atoms with Crippen LogP contribution in [0.5, 0.6) is 5.75 Å². The van der Waals surface area contributed by atoms with Gasteiger partial charge in [0.2, 0.25) is 11.8 Å². The molecule has 3 unspecified atom stereocenters. The normalized spacial score (nSPS) is 17.0. The van der Waals surface area contributed by atoms with E-state index in [2.05, 4.69) is 11.9 Å². The second-order valence-electron chi connectivity index (χ2n) is 9.01. The van der Waals surface area contributed by atoms with Crippen LogP contribution in [0.25, 0.3) is 0 Å². The van der Waals surface area contributed by atoms with Crippen molar-refractivity contribution in [2.45, 2.75) is 50.8 Å². The number of allylic oxidation sites excluding steroid dienone is 1. The molecule has 0 spiro atoms. The lowest BCUT2D eigenvalue weighted by Crippen LogP contribution is -2.44. The molecule has 0 saturated carbocycles. The summed E-state index contributed by atoms with van der Waals surface area (Å²) in [5, 5.41) is 22.2. The second kappa shape index (κ2) is 13.7. The third-order valence-corrected chi connectivity index (χ3v) is 6.34. The van der Waals surface area contributed by atoms with Crippen molar-refractivity contribution in [1.29, 1.82) is 0 Å². The summed E-state index contributed by atoms with van der Waals surface area (Å²) in [7, 11) is 0. The van der Waals surface area contributed by atoms with Gasteiger partial charge in [0, 0.05) is 13.0 Å². The molecule has 3 N–H and O–H groups in total. The third-order valence-electron chi connectivity index (χ3n) is 6.34. The zero-order valence-electron chi connectivity index (χ0n) is 20.1. The average Bonchev–Trinajstić information content (AvgIpc) is 3.37. The van der Waals surface area contributed by atoms with E-state index in [0.29, 0.717) is 26.0 Å². The molecule has 0 bridgehead atoms. The maximum absolute atomic E-state index is 13.0. The monoisotopic (exact) mass is 480 g/mol. The molecule has 0 radical (unpaired) electrons. The Morgan fingerprint density at radius 3 is 2.51 bits per heavy atom. The number of nitrogens with zero attached hydrogens (tertiary/aromatic N) is 1. The van der Waals surface area contributed by atoms with Gasteiger partial charge in [-0.3, -0.25) is 9.59 Å². The fourth-order valence-corrected chi connectivity index (χ4v) is 4.44. The van der Waals surface area contributed by atoms with Gasteiger partial charge in [-0.25, -0.2) is 0 Å². The van der Waals surface area contributed by atoms with Crippen molar-refractivity contribution in [3.63, 3.8) is 0 Å². The lowest BCUT2D eigenvalue weighted by atomic mass is 9.98. The van der Waals surface area contributed by atoms with E-state index in [0.717, 1.165) is 29.7 Å². The molecule has 3 rings (SSSR count). The quantitative estimate of drug-likeness (QED) is 0.383. The summed E-state index contributed by atoms with van der Waals surface area (Å²) in [6.45, 7) is 4.53. The number of ether oxygens (including phenoxy) is 1. The first-order chi connectivity index (χ1) is 17.0. The number of carbonyl (C=O) groups is 2. The standard InChI is InChI=1S/C28H36N2O5/c1-2-7-23(28(34)30-15-6-10-25(30)19-32)17-27(33)29-24(18-31)16-21-11-13-26(14-12-21)35-20-22-8-4-3-5-9-22/h2-5,8-9,11-14,23-25,31-32H,1,6-7,10,15-20H2,(H,29,33). The van der Waals surface area contributed by atoms with E-state index < -0.39 is 12.0 Å². The first-order valence-electron chi connectivity index (χ1n) is 12.2. The summed E-state index contributed by atoms with van der Waals surface area (Å²) in [4.78, 5) is 27.4. The van der Waals surface area contributed by atoms with Crippen LogP contribution in [-0.2, 0) is 22.6 Å². The predicted molar refractivity (Wildman–Crippen MR) is 135 cm³/mol. The molecule has 2 aromatic rings. The lowest BCUT2D eigenvalue weighted by Gasteiger charge is -2.27. The second-order valence-corrected chi connectivity index (χ2v) is 9.01. The smallest absolute Gasteiger partial charge is 0.226 e. The van der Waals surface area contributed by atoms with E-state index in [4.69, 9.17) is 4.74 Å². The van der Waals surface area contributed by atoms with Crippen LogP contribution < -0.4 is 10.1 Å². The molecule has 1 saturated heterocycles. The summed E-state index contributed by atoms with van der Waals surface area (Å²) >= 11 is 0. The molecule has 2 amide bonds. The Labute approximate surface area is 207 Å². The number of amides is 2. The number of aliphatic hydroxyl groups excluding tert-OH is 2. The molecule has 3 atom stereocenters. The Morgan fingerprint density at radius 2 is 1.86 bits per heavy atom. The summed E-state index contributed by atoms with van der Waals surface area (Å²) in [5.74, 6) is -0.189. The zero-order chi connectivity index (χ0) is 25.0. The van der Waals surface area contributed by atoms with E-state index in [9.17, 15) is 19.8 Å². The average molecular weight is 481 g/mol. The Morgan fingerprint density at radius 1 is 1.11 bits per heavy atom. The van der Waals surface area contributed by atoms with Crippen LogP contribution in [-0.4, -0.2) is 58.8 Å². The van der Waals surface area contributed by atoms with E-state index in [1.165, 1.54) is 0 Å². The van der Waals surface area contributed by atoms with Crippen LogP contribution in [0.3, 0.4) is 0 Å². The number of carbonyl (C=O) groups excluding carboxylic acids is 2. The van der Waals surface area contributed by atoms with Gasteiger partial charge in [0.15, 0.2) is 0 Å². The molecule has 188 valence electrons. The topological polar surface area (TPSA) is 99.1 Å². The Kier molecular flexibility index (Phi) is 10.3. The van der Waals surface area contributed by atoms with Crippen molar-refractivity contribution in [3.8, 4) is 5.75 Å². The molecule has 35 heavy (non-hydrogen) atoms. The van der Waals surface area contributed by atoms with Crippen molar-refractivity contribution in [3.05, 3.63) is 78.4 Å². The fourth-order valence-electron chi connectivity index (χ4n) is 4.44. The molecule has 0 aliphatic carbocycles. The minimum Gasteiger partial charge on any atom is -0.489 e. The summed E-state index contributed by atoms with van der Waals surface area (Å²) in [5.41, 5.74) is 2.04. The maximum Gasteiger partial charge on any atom is 0.226 e. The molecule has 1 heterocycles. The van der Waals surface area contributed by atoms with Crippen LogP contribution >= 0.6 is 0 Å². The number of aliphatic hydroxyl groups is 2. The van der Waals surface area contributed by atoms with Crippen LogP contribution in [0.15, 0.2) is 67.3 Å². The zero-order valence-corrected chi connectivity index (χ0v) is 20.1. The Balaban J connectivity index is 1.51. The highest BCUT2D eigenvalue weighted by Gasteiger charge is 2.33. The van der Waals surface area contributed by atoms with Gasteiger partial charge in [-0.05, 0) is 48.9 Å². The van der Waals surface area contributed by atoms with Gasteiger partial charge in [-0.2, -0.15) is 0 Å². The van der Waals surface area contributed by atoms with Crippen LogP contribution in [0.4, 0.5) is 0 Å². The van der Waals surface area contributed by atoms with Gasteiger partial charge in [0.05, 0.1) is 31.2 Å². The highest BCUT2D eigenvalue weighted by Crippen LogP contribution is 2.23. The number of hydrogen-bond acceptors (Lipinski definition) is 5. The van der Waals surface area contributed by atoms with E-state index in [1.807, 2.05) is 54.6 Å². The molecule has 1 fully saturated rings. The van der Waals surface area contributed by atoms with Gasteiger partial charge >= 0.3 is 0 Å². The minimum atomic E-state index is -0.528. The van der Waals surface area contributed by atoms with Gasteiger partial charge in [0.25, 0.3) is 0 Å². The van der Waals surface area contributed by atoms with Crippen LogP contribution in [0.2, 0.25) is 0 Å². The number of likely N-dealkylation sites (tertiary alicyclic amines) is 1. The molecule has 0 aromatic heterocycles. The minimum absolute atomic E-state index is 0.0161. The molecule has 1 aliphatic rings. The van der Waals surface area contributed by atoms with Crippen molar-refractivity contribution < 1.29 is 24.5 Å². The Bertz CT molecular complexity index is 948. The summed E-state index contributed by atoms with van der Waals surface area (Å²) in [6, 6.07) is 16.9. The molecule has 7 nitrogen and oxygen atoms in total. The first-order valence-corrected chi connectivity index (χ1v) is 12.2. The Hall–Kier alpha value is -3.16. The molecular formula is C28H36N2O5. The lowest BCUT2D eigenvalue weighted by molar-refractivity contribution is -0.139. The van der Waals surface area contributed by atoms with Crippen molar-refractivity contribution in [2.24, 2.45) is 5.92 Å². The maximum atomic E-state index is 13.0. The largest absolute Gasteiger partial charge is 0.489 e. The highest BCUT2D eigenvalue weighted by atomic mass is 16.5. The first kappa shape index (κ1) is 26.4. The van der Waals surface area contributed by atoms with Crippen molar-refractivity contribution in [1.82, 2.24) is 10.2 Å². The van der Waals surface area contributed by atoms with E-state index in [-0.39, 0.29) is 37.5 Å². The fraction of sp³-hybridized carbons (Fsp3) is 0.429. The van der Waals surface area contributed by atoms with Gasteiger partial charge < -0.3 is 25.2 Å². The van der Waals surface area contributed by atoms with Crippen molar-refractivity contribution in [2.75, 3.05) is 19.8 Å². The van der Waals surface area contributed by atoms with Crippen LogP contribution in [0, 0.1) is 5.92 Å². The predicted octanol–water partition coefficient (Wildman–Crippen LogP) is 2.85. The van der Waals surface area contributed by atoms with Crippen LogP contribution in [0.1, 0.15) is 36.8 Å². The highest BCUT2D eigenvalue weighted by molar-refractivity contribution is 5.86. The van der Waals surface area contributed by atoms with Gasteiger partial charge in [0.1, 0.15) is 12.4 Å². The number of benzene rings is 2.